The number of halogens is 2. The molecule has 148 valence electrons. The maximum atomic E-state index is 12.5. The number of aromatic nitrogens is 2. The Labute approximate surface area is 162 Å². The van der Waals surface area contributed by atoms with Crippen LogP contribution in [-0.4, -0.2) is 35.9 Å². The van der Waals surface area contributed by atoms with Gasteiger partial charge in [0.1, 0.15) is 5.76 Å². The summed E-state index contributed by atoms with van der Waals surface area (Å²) in [5.41, 5.74) is 3.04. The molecule has 0 saturated carbocycles. The first kappa shape index (κ1) is 20.9. The van der Waals surface area contributed by atoms with Crippen LogP contribution in [0.4, 0.5) is 14.5 Å². The predicted octanol–water partition coefficient (Wildman–Crippen LogP) is 3.72. The standard InChI is InChI=1S/C20H22F2N4O2/c1-5-6-15(13(2)28-20(21)22)10-24-18-9-14(16-11-25-26(4)12-16)7-8-17(18)19(27)23-3/h5-9,11-12,20,24H,1-2,10H2,3-4H3,(H,23,27)/b15-6-. The van der Waals surface area contributed by atoms with Crippen molar-refractivity contribution in [3.8, 4) is 11.1 Å². The van der Waals surface area contributed by atoms with Gasteiger partial charge in [-0.05, 0) is 17.7 Å². The fraction of sp³-hybridized carbons (Fsp3) is 0.200. The maximum absolute atomic E-state index is 12.5. The molecule has 0 fully saturated rings. The van der Waals surface area contributed by atoms with E-state index in [0.717, 1.165) is 11.1 Å². The van der Waals surface area contributed by atoms with E-state index in [0.29, 0.717) is 16.8 Å². The van der Waals surface area contributed by atoms with Crippen LogP contribution in [0.3, 0.4) is 0 Å². The highest BCUT2D eigenvalue weighted by Gasteiger charge is 2.14. The van der Waals surface area contributed by atoms with Gasteiger partial charge in [-0.25, -0.2) is 0 Å². The van der Waals surface area contributed by atoms with Crippen LogP contribution in [0, 0.1) is 0 Å². The Kier molecular flexibility index (Phi) is 7.08. The average Bonchev–Trinajstić information content (AvgIpc) is 3.10. The molecule has 28 heavy (non-hydrogen) atoms. The minimum atomic E-state index is -2.98. The van der Waals surface area contributed by atoms with Crippen molar-refractivity contribution in [2.75, 3.05) is 18.9 Å². The van der Waals surface area contributed by atoms with E-state index in [1.165, 1.54) is 19.2 Å². The fourth-order valence-electron chi connectivity index (χ4n) is 2.54. The number of allylic oxidation sites excluding steroid dienone is 2. The number of carbonyl (C=O) groups is 1. The first-order valence-electron chi connectivity index (χ1n) is 8.40. The molecule has 0 unspecified atom stereocenters. The molecule has 0 atom stereocenters. The molecule has 1 aromatic carbocycles. The summed E-state index contributed by atoms with van der Waals surface area (Å²) in [5.74, 6) is -0.454. The number of amides is 1. The van der Waals surface area contributed by atoms with Crippen molar-refractivity contribution in [3.05, 3.63) is 72.8 Å². The van der Waals surface area contributed by atoms with Gasteiger partial charge in [-0.1, -0.05) is 31.4 Å². The number of hydrogen-bond acceptors (Lipinski definition) is 4. The molecule has 8 heteroatoms. The number of alkyl halides is 2. The van der Waals surface area contributed by atoms with E-state index in [1.807, 2.05) is 19.3 Å². The summed E-state index contributed by atoms with van der Waals surface area (Å²) < 4.78 is 31.0. The molecule has 1 aromatic heterocycles. The summed E-state index contributed by atoms with van der Waals surface area (Å²) in [7, 11) is 3.34. The zero-order chi connectivity index (χ0) is 20.7. The highest BCUT2D eigenvalue weighted by Crippen LogP contribution is 2.26. The lowest BCUT2D eigenvalue weighted by Crippen LogP contribution is -2.20. The summed E-state index contributed by atoms with van der Waals surface area (Å²) in [4.78, 5) is 12.2. The summed E-state index contributed by atoms with van der Waals surface area (Å²) in [6, 6.07) is 5.29. The van der Waals surface area contributed by atoms with Crippen molar-refractivity contribution in [2.45, 2.75) is 6.61 Å². The van der Waals surface area contributed by atoms with Crippen LogP contribution in [0.25, 0.3) is 11.1 Å². The average molecular weight is 388 g/mol. The number of ether oxygens (including phenoxy) is 1. The van der Waals surface area contributed by atoms with Gasteiger partial charge in [0.15, 0.2) is 0 Å². The van der Waals surface area contributed by atoms with E-state index in [2.05, 4.69) is 33.6 Å². The van der Waals surface area contributed by atoms with Crippen molar-refractivity contribution < 1.29 is 18.3 Å². The summed E-state index contributed by atoms with van der Waals surface area (Å²) >= 11 is 0. The molecular weight excluding hydrogens is 366 g/mol. The molecule has 1 heterocycles. The van der Waals surface area contributed by atoms with Gasteiger partial charge in [0, 0.05) is 43.7 Å². The Hall–Kier alpha value is -3.42. The highest BCUT2D eigenvalue weighted by molar-refractivity contribution is 6.00. The topological polar surface area (TPSA) is 68.2 Å². The number of hydrogen-bond donors (Lipinski definition) is 2. The second-order valence-electron chi connectivity index (χ2n) is 5.83. The molecule has 0 spiro atoms. The first-order valence-corrected chi connectivity index (χ1v) is 8.40. The van der Waals surface area contributed by atoms with Crippen molar-refractivity contribution in [1.82, 2.24) is 15.1 Å². The van der Waals surface area contributed by atoms with Crippen LogP contribution < -0.4 is 10.6 Å². The van der Waals surface area contributed by atoms with Crippen LogP contribution in [-0.2, 0) is 11.8 Å². The zero-order valence-electron chi connectivity index (χ0n) is 15.7. The molecule has 1 amide bonds. The lowest BCUT2D eigenvalue weighted by atomic mass is 10.0. The van der Waals surface area contributed by atoms with Crippen molar-refractivity contribution in [3.63, 3.8) is 0 Å². The van der Waals surface area contributed by atoms with Crippen LogP contribution in [0.5, 0.6) is 0 Å². The van der Waals surface area contributed by atoms with Gasteiger partial charge in [0.2, 0.25) is 0 Å². The maximum Gasteiger partial charge on any atom is 0.387 e. The number of benzene rings is 1. The van der Waals surface area contributed by atoms with Crippen LogP contribution >= 0.6 is 0 Å². The molecule has 2 N–H and O–H groups in total. The van der Waals surface area contributed by atoms with Crippen molar-refractivity contribution in [1.29, 1.82) is 0 Å². The Morgan fingerprint density at radius 2 is 2.14 bits per heavy atom. The third-order valence-electron chi connectivity index (χ3n) is 3.91. The van der Waals surface area contributed by atoms with E-state index in [9.17, 15) is 13.6 Å². The lowest BCUT2D eigenvalue weighted by Gasteiger charge is -2.16. The highest BCUT2D eigenvalue weighted by atomic mass is 19.3. The van der Waals surface area contributed by atoms with Crippen LogP contribution in [0.15, 0.2) is 67.2 Å². The third-order valence-corrected chi connectivity index (χ3v) is 3.91. The molecule has 2 aromatic rings. The Bertz CT molecular complexity index is 903. The van der Waals surface area contributed by atoms with Gasteiger partial charge in [-0.2, -0.15) is 13.9 Å². The van der Waals surface area contributed by atoms with E-state index in [4.69, 9.17) is 0 Å². The molecule has 0 bridgehead atoms. The van der Waals surface area contributed by atoms with Crippen LogP contribution in [0.1, 0.15) is 10.4 Å². The number of nitrogens with one attached hydrogen (secondary N) is 2. The monoisotopic (exact) mass is 388 g/mol. The van der Waals surface area contributed by atoms with E-state index in [-0.39, 0.29) is 18.2 Å². The van der Waals surface area contributed by atoms with Gasteiger partial charge in [-0.3, -0.25) is 9.48 Å². The number of aryl methyl sites for hydroxylation is 1. The minimum absolute atomic E-state index is 0.109. The molecule has 0 aliphatic heterocycles. The Morgan fingerprint density at radius 3 is 2.71 bits per heavy atom. The van der Waals surface area contributed by atoms with E-state index in [1.54, 1.807) is 23.0 Å². The lowest BCUT2D eigenvalue weighted by molar-refractivity contribution is -0.0928. The number of anilines is 1. The second-order valence-corrected chi connectivity index (χ2v) is 5.83. The molecule has 0 aliphatic carbocycles. The van der Waals surface area contributed by atoms with E-state index >= 15 is 0 Å². The van der Waals surface area contributed by atoms with Gasteiger partial charge >= 0.3 is 6.61 Å². The largest absolute Gasteiger partial charge is 0.435 e. The normalized spacial score (nSPS) is 11.2. The van der Waals surface area contributed by atoms with Gasteiger partial charge < -0.3 is 15.4 Å². The fourth-order valence-corrected chi connectivity index (χ4v) is 2.54. The van der Waals surface area contributed by atoms with Crippen molar-refractivity contribution in [2.24, 2.45) is 7.05 Å². The SMILES string of the molecule is C=C/C=C(/CNc1cc(-c2cnn(C)c2)ccc1C(=O)NC)C(=C)OC(F)F. The van der Waals surface area contributed by atoms with Gasteiger partial charge in [0.05, 0.1) is 11.8 Å². The first-order chi connectivity index (χ1) is 13.3. The number of carbonyl (C=O) groups excluding carboxylic acids is 1. The quantitative estimate of drug-likeness (QED) is 0.507. The molecule has 2 rings (SSSR count). The number of rotatable bonds is 9. The third kappa shape index (κ3) is 5.29. The van der Waals surface area contributed by atoms with Crippen LogP contribution in [0.2, 0.25) is 0 Å². The Morgan fingerprint density at radius 1 is 1.39 bits per heavy atom. The molecule has 0 saturated heterocycles. The van der Waals surface area contributed by atoms with Crippen molar-refractivity contribution >= 4 is 11.6 Å². The van der Waals surface area contributed by atoms with E-state index < -0.39 is 6.61 Å². The number of nitrogens with zero attached hydrogens (tertiary/aromatic N) is 2. The molecule has 0 aliphatic rings. The smallest absolute Gasteiger partial charge is 0.387 e. The molecule has 0 radical (unpaired) electrons. The zero-order valence-corrected chi connectivity index (χ0v) is 15.7. The van der Waals surface area contributed by atoms with Gasteiger partial charge in [-0.15, -0.1) is 0 Å². The molecule has 6 nitrogen and oxygen atoms in total. The Balaban J connectivity index is 2.32. The van der Waals surface area contributed by atoms with Gasteiger partial charge in [0.25, 0.3) is 5.91 Å². The molecular formula is C20H22F2N4O2. The second kappa shape index (κ2) is 9.50. The summed E-state index contributed by atoms with van der Waals surface area (Å²) in [6.07, 6.45) is 6.52. The summed E-state index contributed by atoms with van der Waals surface area (Å²) in [6.45, 7) is 4.22. The predicted molar refractivity (Wildman–Crippen MR) is 105 cm³/mol. The summed E-state index contributed by atoms with van der Waals surface area (Å²) in [5, 5.41) is 9.82. The minimum Gasteiger partial charge on any atom is -0.435 e.